The second-order valence-corrected chi connectivity index (χ2v) is 8.91. The van der Waals surface area contributed by atoms with E-state index in [0.717, 1.165) is 52.7 Å². The molecule has 0 saturated heterocycles. The SMILES string of the molecule is Cc1csc(-c2cnn(C)c2C(=O)CC2CCn3cc(-c4ccc(F)cc4)nc3C2)n1. The Labute approximate surface area is 183 Å². The molecule has 0 aliphatic carbocycles. The molecule has 1 aromatic carbocycles. The average Bonchev–Trinajstić information content (AvgIpc) is 3.46. The van der Waals surface area contributed by atoms with Gasteiger partial charge in [-0.1, -0.05) is 0 Å². The van der Waals surface area contributed by atoms with Gasteiger partial charge in [0, 0.05) is 49.3 Å². The number of carbonyl (C=O) groups is 1. The third-order valence-corrected chi connectivity index (χ3v) is 6.77. The van der Waals surface area contributed by atoms with E-state index in [2.05, 4.69) is 14.6 Å². The molecule has 0 spiro atoms. The number of aromatic nitrogens is 5. The van der Waals surface area contributed by atoms with E-state index in [1.165, 1.54) is 23.5 Å². The third kappa shape index (κ3) is 3.83. The fourth-order valence-corrected chi connectivity index (χ4v) is 5.00. The van der Waals surface area contributed by atoms with Crippen LogP contribution in [0.4, 0.5) is 4.39 Å². The zero-order valence-corrected chi connectivity index (χ0v) is 18.2. The Hall–Kier alpha value is -3.13. The summed E-state index contributed by atoms with van der Waals surface area (Å²) in [5.74, 6) is 1.04. The van der Waals surface area contributed by atoms with E-state index in [1.54, 1.807) is 30.1 Å². The zero-order valence-electron chi connectivity index (χ0n) is 17.4. The number of aryl methyl sites for hydroxylation is 3. The second-order valence-electron chi connectivity index (χ2n) is 8.05. The Morgan fingerprint density at radius 2 is 2.06 bits per heavy atom. The van der Waals surface area contributed by atoms with Gasteiger partial charge in [-0.15, -0.1) is 11.3 Å². The van der Waals surface area contributed by atoms with Crippen LogP contribution in [0, 0.1) is 18.7 Å². The highest BCUT2D eigenvalue weighted by atomic mass is 32.1. The Morgan fingerprint density at radius 3 is 2.81 bits per heavy atom. The second kappa shape index (κ2) is 7.85. The summed E-state index contributed by atoms with van der Waals surface area (Å²) in [7, 11) is 1.81. The van der Waals surface area contributed by atoms with E-state index in [0.29, 0.717) is 12.1 Å². The summed E-state index contributed by atoms with van der Waals surface area (Å²) in [5, 5.41) is 7.13. The molecule has 0 saturated carbocycles. The summed E-state index contributed by atoms with van der Waals surface area (Å²) in [4.78, 5) is 22.5. The molecule has 158 valence electrons. The molecule has 4 heterocycles. The molecule has 1 atom stereocenters. The number of imidazole rings is 1. The van der Waals surface area contributed by atoms with Crippen molar-refractivity contribution in [3.63, 3.8) is 0 Å². The van der Waals surface area contributed by atoms with Crippen molar-refractivity contribution >= 4 is 17.1 Å². The van der Waals surface area contributed by atoms with Gasteiger partial charge in [0.25, 0.3) is 0 Å². The van der Waals surface area contributed by atoms with Gasteiger partial charge in [0.15, 0.2) is 5.78 Å². The van der Waals surface area contributed by atoms with Gasteiger partial charge >= 0.3 is 0 Å². The van der Waals surface area contributed by atoms with E-state index in [9.17, 15) is 9.18 Å². The van der Waals surface area contributed by atoms with E-state index in [1.807, 2.05) is 18.5 Å². The molecule has 0 N–H and O–H groups in total. The van der Waals surface area contributed by atoms with Crippen LogP contribution in [0.1, 0.15) is 34.8 Å². The van der Waals surface area contributed by atoms with E-state index < -0.39 is 0 Å². The Balaban J connectivity index is 1.33. The first-order valence-corrected chi connectivity index (χ1v) is 11.2. The number of fused-ring (bicyclic) bond motifs is 1. The predicted molar refractivity (Wildman–Crippen MR) is 117 cm³/mol. The summed E-state index contributed by atoms with van der Waals surface area (Å²) in [6.45, 7) is 2.77. The maximum absolute atomic E-state index is 13.2. The van der Waals surface area contributed by atoms with Gasteiger partial charge in [-0.3, -0.25) is 9.48 Å². The monoisotopic (exact) mass is 435 g/mol. The first-order valence-electron chi connectivity index (χ1n) is 10.3. The molecule has 0 radical (unpaired) electrons. The van der Waals surface area contributed by atoms with Crippen LogP contribution in [0.3, 0.4) is 0 Å². The molecular formula is C23H22FN5OS. The summed E-state index contributed by atoms with van der Waals surface area (Å²) in [5.41, 5.74) is 4.11. The van der Waals surface area contributed by atoms with Gasteiger partial charge in [-0.2, -0.15) is 5.10 Å². The molecular weight excluding hydrogens is 413 g/mol. The quantitative estimate of drug-likeness (QED) is 0.427. The van der Waals surface area contributed by atoms with Crippen molar-refractivity contribution < 1.29 is 9.18 Å². The van der Waals surface area contributed by atoms with Crippen molar-refractivity contribution in [3.8, 4) is 21.8 Å². The molecule has 3 aromatic heterocycles. The van der Waals surface area contributed by atoms with E-state index in [4.69, 9.17) is 4.98 Å². The molecule has 4 aromatic rings. The third-order valence-electron chi connectivity index (χ3n) is 5.78. The van der Waals surface area contributed by atoms with Crippen LogP contribution in [0.25, 0.3) is 21.8 Å². The molecule has 1 aliphatic rings. The smallest absolute Gasteiger partial charge is 0.181 e. The Morgan fingerprint density at radius 1 is 1.26 bits per heavy atom. The van der Waals surface area contributed by atoms with Crippen LogP contribution in [0.15, 0.2) is 42.0 Å². The first kappa shape index (κ1) is 19.8. The minimum Gasteiger partial charge on any atom is -0.334 e. The maximum Gasteiger partial charge on any atom is 0.181 e. The highest BCUT2D eigenvalue weighted by Gasteiger charge is 2.27. The number of hydrogen-bond donors (Lipinski definition) is 0. The van der Waals surface area contributed by atoms with Crippen molar-refractivity contribution in [1.29, 1.82) is 0 Å². The van der Waals surface area contributed by atoms with Crippen LogP contribution in [-0.4, -0.2) is 30.1 Å². The molecule has 0 bridgehead atoms. The lowest BCUT2D eigenvalue weighted by Gasteiger charge is -2.22. The largest absolute Gasteiger partial charge is 0.334 e. The lowest BCUT2D eigenvalue weighted by atomic mass is 9.91. The molecule has 0 fully saturated rings. The number of nitrogens with zero attached hydrogens (tertiary/aromatic N) is 5. The van der Waals surface area contributed by atoms with Gasteiger partial charge in [0.05, 0.1) is 17.5 Å². The number of benzene rings is 1. The first-order chi connectivity index (χ1) is 15.0. The van der Waals surface area contributed by atoms with Crippen molar-refractivity contribution in [2.75, 3.05) is 0 Å². The van der Waals surface area contributed by atoms with Crippen LogP contribution in [0.5, 0.6) is 0 Å². The van der Waals surface area contributed by atoms with Crippen LogP contribution < -0.4 is 0 Å². The van der Waals surface area contributed by atoms with Crippen LogP contribution in [0.2, 0.25) is 0 Å². The minimum absolute atomic E-state index is 0.0895. The highest BCUT2D eigenvalue weighted by Crippen LogP contribution is 2.31. The molecule has 1 unspecified atom stereocenters. The van der Waals surface area contributed by atoms with Gasteiger partial charge in [-0.25, -0.2) is 14.4 Å². The Kier molecular flexibility index (Phi) is 5.02. The topological polar surface area (TPSA) is 65.6 Å². The maximum atomic E-state index is 13.2. The number of ketones is 1. The molecule has 6 nitrogen and oxygen atoms in total. The standard InChI is InChI=1S/C23H22FN5OS/c1-14-13-31-23(26-14)18-11-25-28(2)22(18)20(30)9-15-7-8-29-12-19(27-21(29)10-15)16-3-5-17(24)6-4-16/h3-6,11-13,15H,7-10H2,1-2H3. The summed E-state index contributed by atoms with van der Waals surface area (Å²) >= 11 is 1.53. The molecule has 31 heavy (non-hydrogen) atoms. The lowest BCUT2D eigenvalue weighted by Crippen LogP contribution is -2.22. The predicted octanol–water partition coefficient (Wildman–Crippen LogP) is 4.69. The van der Waals surface area contributed by atoms with Crippen molar-refractivity contribution in [3.05, 3.63) is 65.1 Å². The van der Waals surface area contributed by atoms with Crippen molar-refractivity contribution in [1.82, 2.24) is 24.3 Å². The zero-order chi connectivity index (χ0) is 21.5. The summed E-state index contributed by atoms with van der Waals surface area (Å²) in [6, 6.07) is 6.39. The lowest BCUT2D eigenvalue weighted by molar-refractivity contribution is 0.0945. The number of hydrogen-bond acceptors (Lipinski definition) is 5. The van der Waals surface area contributed by atoms with Crippen molar-refractivity contribution in [2.45, 2.75) is 32.7 Å². The van der Waals surface area contributed by atoms with E-state index in [-0.39, 0.29) is 17.5 Å². The summed E-state index contributed by atoms with van der Waals surface area (Å²) in [6.07, 6.45) is 5.87. The normalized spacial score (nSPS) is 15.8. The van der Waals surface area contributed by atoms with Crippen LogP contribution >= 0.6 is 11.3 Å². The Bertz CT molecular complexity index is 1250. The number of Topliss-reactive ketones (excluding diaryl/α,β-unsaturated/α-hetero) is 1. The fourth-order valence-electron chi connectivity index (χ4n) is 4.19. The van der Waals surface area contributed by atoms with Gasteiger partial charge < -0.3 is 4.57 Å². The number of rotatable bonds is 5. The summed E-state index contributed by atoms with van der Waals surface area (Å²) < 4.78 is 17.0. The van der Waals surface area contributed by atoms with Crippen LogP contribution in [-0.2, 0) is 20.0 Å². The molecule has 0 amide bonds. The fraction of sp³-hybridized carbons (Fsp3) is 0.304. The molecule has 8 heteroatoms. The highest BCUT2D eigenvalue weighted by molar-refractivity contribution is 7.13. The number of thiazole rings is 1. The molecule has 1 aliphatic heterocycles. The number of halogens is 1. The van der Waals surface area contributed by atoms with Crippen molar-refractivity contribution in [2.24, 2.45) is 13.0 Å². The van der Waals surface area contributed by atoms with Gasteiger partial charge in [0.1, 0.15) is 22.3 Å². The average molecular weight is 436 g/mol. The number of carbonyl (C=O) groups excluding carboxylic acids is 1. The van der Waals surface area contributed by atoms with Gasteiger partial charge in [0.2, 0.25) is 0 Å². The molecule has 5 rings (SSSR count). The van der Waals surface area contributed by atoms with E-state index >= 15 is 0 Å². The minimum atomic E-state index is -0.256. The van der Waals surface area contributed by atoms with Gasteiger partial charge in [-0.05, 0) is 43.5 Å².